The third-order valence-electron chi connectivity index (χ3n) is 5.19. The van der Waals surface area contributed by atoms with Gasteiger partial charge in [-0.2, -0.15) is 4.52 Å². The Morgan fingerprint density at radius 3 is 1.73 bits per heavy atom. The highest BCUT2D eigenvalue weighted by Crippen LogP contribution is 2.59. The zero-order valence-corrected chi connectivity index (χ0v) is 18.2. The summed E-state index contributed by atoms with van der Waals surface area (Å²) in [5.41, 5.74) is 0.481. The molecule has 3 aromatic rings. The minimum atomic E-state index is -2.96. The Labute approximate surface area is 179 Å². The minimum absolute atomic E-state index is 0.0725. The predicted octanol–water partition coefficient (Wildman–Crippen LogP) is 4.62. The van der Waals surface area contributed by atoms with Gasteiger partial charge in [-0.05, 0) is 48.2 Å². The number of rotatable bonds is 9. The monoisotopic (exact) mass is 423 g/mol. The first-order valence-electron chi connectivity index (χ1n) is 10.1. The van der Waals surface area contributed by atoms with Crippen molar-refractivity contribution >= 4 is 24.3 Å². The van der Waals surface area contributed by atoms with E-state index in [1.807, 2.05) is 92.7 Å². The molecule has 0 aliphatic carbocycles. The number of benzene rings is 3. The Kier molecular flexibility index (Phi) is 7.75. The number of aliphatic hydroxyl groups excluding tert-OH is 1. The number of hydrogen-bond acceptors (Lipinski definition) is 4. The van der Waals surface area contributed by atoms with E-state index in [4.69, 9.17) is 9.05 Å². The third-order valence-corrected chi connectivity index (χ3v) is 8.08. The van der Waals surface area contributed by atoms with Crippen molar-refractivity contribution in [3.63, 3.8) is 0 Å². The summed E-state index contributed by atoms with van der Waals surface area (Å²) in [5, 5.41) is 11.2. The maximum absolute atomic E-state index is 13.1. The van der Waals surface area contributed by atoms with Crippen LogP contribution in [0.15, 0.2) is 91.0 Å². The van der Waals surface area contributed by atoms with Crippen molar-refractivity contribution in [3.8, 4) is 0 Å². The number of carbonyl (C=O) groups is 1. The van der Waals surface area contributed by atoms with Crippen LogP contribution in [0.2, 0.25) is 0 Å². The molecule has 30 heavy (non-hydrogen) atoms. The summed E-state index contributed by atoms with van der Waals surface area (Å²) in [6, 6.07) is 28.3. The van der Waals surface area contributed by atoms with Crippen LogP contribution in [-0.4, -0.2) is 24.3 Å². The Hall–Kier alpha value is -2.52. The molecule has 3 rings (SSSR count). The lowest BCUT2D eigenvalue weighted by Crippen LogP contribution is -2.30. The fraction of sp³-hybridized carbons (Fsp3) is 0.240. The molecule has 0 spiro atoms. The summed E-state index contributed by atoms with van der Waals surface area (Å²) in [6.45, 7) is 4.46. The van der Waals surface area contributed by atoms with E-state index in [9.17, 15) is 9.90 Å². The van der Waals surface area contributed by atoms with Crippen molar-refractivity contribution in [2.75, 3.05) is 13.2 Å². The molecule has 0 bridgehead atoms. The third kappa shape index (κ3) is 5.14. The molecular weight excluding hydrogens is 395 g/mol. The second kappa shape index (κ2) is 10.5. The van der Waals surface area contributed by atoms with E-state index in [0.717, 1.165) is 10.6 Å². The van der Waals surface area contributed by atoms with Crippen LogP contribution in [0.3, 0.4) is 0 Å². The summed E-state index contributed by atoms with van der Waals surface area (Å²) in [6.07, 6.45) is 0. The highest BCUT2D eigenvalue weighted by molar-refractivity contribution is 7.81. The van der Waals surface area contributed by atoms with Crippen LogP contribution in [0.25, 0.3) is 0 Å². The highest BCUT2D eigenvalue weighted by Gasteiger charge is 2.52. The van der Waals surface area contributed by atoms with Gasteiger partial charge >= 0.3 is 13.7 Å². The maximum atomic E-state index is 13.1. The van der Waals surface area contributed by atoms with E-state index in [-0.39, 0.29) is 18.4 Å². The molecule has 0 aliphatic rings. The molecule has 0 aromatic heterocycles. The molecule has 0 radical (unpaired) electrons. The number of aliphatic hydroxyl groups is 1. The SMILES string of the molecule is CC(CO)C(C)CO[P+](OC(=O)c1ccccc1)(c1ccccc1)c1ccccc1. The van der Waals surface area contributed by atoms with E-state index >= 15 is 0 Å². The molecule has 0 amide bonds. The van der Waals surface area contributed by atoms with Crippen LogP contribution in [0.4, 0.5) is 0 Å². The maximum Gasteiger partial charge on any atom is 0.390 e. The Bertz CT molecular complexity index is 876. The Morgan fingerprint density at radius 1 is 0.800 bits per heavy atom. The fourth-order valence-corrected chi connectivity index (χ4v) is 5.76. The average Bonchev–Trinajstić information content (AvgIpc) is 2.82. The number of carbonyl (C=O) groups excluding carboxylic acids is 1. The van der Waals surface area contributed by atoms with Gasteiger partial charge in [-0.25, -0.2) is 4.79 Å². The fourth-order valence-electron chi connectivity index (χ4n) is 2.99. The molecule has 156 valence electrons. The van der Waals surface area contributed by atoms with E-state index in [1.165, 1.54) is 0 Å². The first-order valence-corrected chi connectivity index (χ1v) is 11.7. The second-order valence-corrected chi connectivity index (χ2v) is 9.98. The van der Waals surface area contributed by atoms with Gasteiger partial charge in [0.2, 0.25) is 0 Å². The largest absolute Gasteiger partial charge is 0.396 e. The summed E-state index contributed by atoms with van der Waals surface area (Å²) in [4.78, 5) is 13.1. The first-order chi connectivity index (χ1) is 14.6. The van der Waals surface area contributed by atoms with Crippen LogP contribution in [0.1, 0.15) is 24.2 Å². The van der Waals surface area contributed by atoms with Crippen molar-refractivity contribution in [2.24, 2.45) is 11.8 Å². The van der Waals surface area contributed by atoms with Crippen LogP contribution in [0.5, 0.6) is 0 Å². The molecule has 5 heteroatoms. The summed E-state index contributed by atoms with van der Waals surface area (Å²) in [5.74, 6) is -0.250. The van der Waals surface area contributed by atoms with Crippen molar-refractivity contribution in [1.29, 1.82) is 0 Å². The molecule has 1 N–H and O–H groups in total. The molecule has 0 aliphatic heterocycles. The lowest BCUT2D eigenvalue weighted by Gasteiger charge is -2.25. The Balaban J connectivity index is 2.05. The minimum Gasteiger partial charge on any atom is -0.396 e. The van der Waals surface area contributed by atoms with E-state index in [1.54, 1.807) is 12.1 Å². The van der Waals surface area contributed by atoms with E-state index < -0.39 is 13.7 Å². The van der Waals surface area contributed by atoms with Crippen LogP contribution < -0.4 is 10.6 Å². The molecule has 0 heterocycles. The highest BCUT2D eigenvalue weighted by atomic mass is 31.2. The van der Waals surface area contributed by atoms with Gasteiger partial charge in [0, 0.05) is 6.61 Å². The van der Waals surface area contributed by atoms with Gasteiger partial charge in [-0.3, -0.25) is 4.52 Å². The van der Waals surface area contributed by atoms with Gasteiger partial charge in [-0.15, -0.1) is 0 Å². The van der Waals surface area contributed by atoms with Crippen LogP contribution in [-0.2, 0) is 9.05 Å². The predicted molar refractivity (Wildman–Crippen MR) is 122 cm³/mol. The van der Waals surface area contributed by atoms with Gasteiger partial charge < -0.3 is 5.11 Å². The van der Waals surface area contributed by atoms with Crippen molar-refractivity contribution in [1.82, 2.24) is 0 Å². The number of hydrogen-bond donors (Lipinski definition) is 1. The van der Waals surface area contributed by atoms with Gasteiger partial charge in [0.25, 0.3) is 0 Å². The summed E-state index contributed by atoms with van der Waals surface area (Å²) < 4.78 is 12.8. The summed E-state index contributed by atoms with van der Waals surface area (Å²) in [7, 11) is -2.96. The standard InChI is InChI=1S/C25H28O4P/c1-20(18-26)21(2)19-28-30(23-14-8-4-9-15-23,24-16-10-5-11-17-24)29-25(27)22-12-6-3-7-13-22/h3-17,20-21,26H,18-19H2,1-2H3/q+1. The van der Waals surface area contributed by atoms with Crippen LogP contribution >= 0.6 is 7.72 Å². The molecule has 3 aromatic carbocycles. The van der Waals surface area contributed by atoms with Crippen molar-refractivity contribution < 1.29 is 18.9 Å². The molecule has 2 unspecified atom stereocenters. The summed E-state index contributed by atoms with van der Waals surface area (Å²) >= 11 is 0. The molecule has 0 saturated carbocycles. The molecule has 2 atom stereocenters. The lowest BCUT2D eigenvalue weighted by atomic mass is 9.98. The van der Waals surface area contributed by atoms with Gasteiger partial charge in [0.05, 0.1) is 12.2 Å². The zero-order chi connectivity index (χ0) is 21.4. The Morgan fingerprint density at radius 2 is 1.27 bits per heavy atom. The van der Waals surface area contributed by atoms with Gasteiger partial charge in [-0.1, -0.05) is 68.4 Å². The van der Waals surface area contributed by atoms with Crippen molar-refractivity contribution in [2.45, 2.75) is 13.8 Å². The second-order valence-electron chi connectivity index (χ2n) is 7.40. The van der Waals surface area contributed by atoms with Gasteiger partial charge in [0.1, 0.15) is 0 Å². The van der Waals surface area contributed by atoms with E-state index in [0.29, 0.717) is 12.2 Å². The van der Waals surface area contributed by atoms with Gasteiger partial charge in [0.15, 0.2) is 10.6 Å². The van der Waals surface area contributed by atoms with E-state index in [2.05, 4.69) is 0 Å². The molecular formula is C25H28O4P+. The average molecular weight is 423 g/mol. The normalized spacial score (nSPS) is 13.4. The van der Waals surface area contributed by atoms with Crippen molar-refractivity contribution in [3.05, 3.63) is 96.6 Å². The zero-order valence-electron chi connectivity index (χ0n) is 17.3. The van der Waals surface area contributed by atoms with Crippen LogP contribution in [0, 0.1) is 11.8 Å². The lowest BCUT2D eigenvalue weighted by molar-refractivity contribution is 0.0709. The molecule has 0 fully saturated rings. The molecule has 0 saturated heterocycles. The smallest absolute Gasteiger partial charge is 0.390 e. The first kappa shape index (κ1) is 22.2. The molecule has 4 nitrogen and oxygen atoms in total. The topological polar surface area (TPSA) is 55.8 Å². The quantitative estimate of drug-likeness (QED) is 0.510.